The van der Waals surface area contributed by atoms with E-state index in [0.29, 0.717) is 42.6 Å². The van der Waals surface area contributed by atoms with Crippen molar-refractivity contribution in [3.05, 3.63) is 60.4 Å². The van der Waals surface area contributed by atoms with Gasteiger partial charge >= 0.3 is 5.97 Å². The number of hydrogen-bond donors (Lipinski definition) is 2. The second kappa shape index (κ2) is 10.7. The molecule has 4 aromatic rings. The van der Waals surface area contributed by atoms with E-state index >= 15 is 0 Å². The van der Waals surface area contributed by atoms with Crippen molar-refractivity contribution < 1.29 is 14.6 Å². The van der Waals surface area contributed by atoms with Gasteiger partial charge in [0, 0.05) is 19.4 Å². The number of nitrogens with one attached hydrogen (secondary N) is 1. The van der Waals surface area contributed by atoms with Gasteiger partial charge in [0.15, 0.2) is 11.6 Å². The fourth-order valence-electron chi connectivity index (χ4n) is 4.48. The van der Waals surface area contributed by atoms with Crippen molar-refractivity contribution in [2.75, 3.05) is 5.32 Å². The molecule has 1 aliphatic carbocycles. The lowest BCUT2D eigenvalue weighted by atomic mass is 9.87. The zero-order chi connectivity index (χ0) is 25.8. The molecule has 0 aromatic carbocycles. The molecule has 4 aromatic heterocycles. The van der Waals surface area contributed by atoms with Crippen LogP contribution in [0.2, 0.25) is 0 Å². The molecule has 0 amide bonds. The molecule has 0 bridgehead atoms. The highest BCUT2D eigenvalue weighted by atomic mass is 16.5. The summed E-state index contributed by atoms with van der Waals surface area (Å²) in [4.78, 5) is 33.8. The predicted octanol–water partition coefficient (Wildman–Crippen LogP) is 3.67. The Hall–Kier alpha value is -4.41. The van der Waals surface area contributed by atoms with E-state index in [9.17, 15) is 9.90 Å². The first kappa shape index (κ1) is 24.3. The van der Waals surface area contributed by atoms with E-state index in [-0.39, 0.29) is 12.0 Å². The number of aliphatic carboxylic acids is 1. The standard InChI is InChI=1S/C26H28N8O3/c1-16-23(37-18-7-5-6-17(12-18)25(35)36)15-29-24(32-16)19-13-31-34(2)22(19)14-30-26-28-11-9-21(33-26)20-8-3-4-10-27-20/h3-4,8-11,13,15,17-18H,5-7,12,14H2,1-2H3,(H,35,36)(H,28,30,33)/t17-,18-/m0/s1. The first-order valence-corrected chi connectivity index (χ1v) is 12.2. The van der Waals surface area contributed by atoms with E-state index in [1.54, 1.807) is 29.5 Å². The Kier molecular flexibility index (Phi) is 7.02. The topological polar surface area (TPSA) is 141 Å². The Labute approximate surface area is 214 Å². The molecular weight excluding hydrogens is 472 g/mol. The normalized spacial score (nSPS) is 17.4. The van der Waals surface area contributed by atoms with Gasteiger partial charge in [-0.2, -0.15) is 5.10 Å². The molecule has 190 valence electrons. The van der Waals surface area contributed by atoms with Gasteiger partial charge in [0.25, 0.3) is 0 Å². The average Bonchev–Trinajstić information content (AvgIpc) is 3.29. The number of carboxylic acids is 1. The van der Waals surface area contributed by atoms with Crippen molar-refractivity contribution in [1.82, 2.24) is 34.7 Å². The highest BCUT2D eigenvalue weighted by Gasteiger charge is 2.28. The highest BCUT2D eigenvalue weighted by Crippen LogP contribution is 2.30. The Morgan fingerprint density at radius 1 is 1.11 bits per heavy atom. The molecule has 1 aliphatic rings. The molecule has 0 spiro atoms. The highest BCUT2D eigenvalue weighted by molar-refractivity contribution is 5.70. The first-order chi connectivity index (χ1) is 18.0. The lowest BCUT2D eigenvalue weighted by Crippen LogP contribution is -2.29. The number of hydrogen-bond acceptors (Lipinski definition) is 9. The van der Waals surface area contributed by atoms with E-state index in [2.05, 4.69) is 35.3 Å². The third kappa shape index (κ3) is 5.55. The van der Waals surface area contributed by atoms with E-state index in [0.717, 1.165) is 35.5 Å². The summed E-state index contributed by atoms with van der Waals surface area (Å²) in [6.07, 6.45) is 9.52. The number of nitrogens with zero attached hydrogens (tertiary/aromatic N) is 7. The minimum absolute atomic E-state index is 0.150. The maximum absolute atomic E-state index is 11.4. The molecule has 2 atom stereocenters. The lowest BCUT2D eigenvalue weighted by Gasteiger charge is -2.27. The molecule has 0 saturated heterocycles. The second-order valence-electron chi connectivity index (χ2n) is 9.05. The van der Waals surface area contributed by atoms with Crippen LogP contribution < -0.4 is 10.1 Å². The first-order valence-electron chi connectivity index (χ1n) is 12.2. The van der Waals surface area contributed by atoms with Crippen LogP contribution in [0, 0.1) is 12.8 Å². The quantitative estimate of drug-likeness (QED) is 0.368. The van der Waals surface area contributed by atoms with E-state index in [1.807, 2.05) is 38.2 Å². The summed E-state index contributed by atoms with van der Waals surface area (Å²) in [5.41, 5.74) is 3.85. The van der Waals surface area contributed by atoms with Crippen molar-refractivity contribution in [3.8, 4) is 28.5 Å². The molecule has 0 unspecified atom stereocenters. The molecule has 5 rings (SSSR count). The van der Waals surface area contributed by atoms with Crippen molar-refractivity contribution in [1.29, 1.82) is 0 Å². The van der Waals surface area contributed by atoms with Crippen molar-refractivity contribution in [2.24, 2.45) is 13.0 Å². The summed E-state index contributed by atoms with van der Waals surface area (Å²) in [7, 11) is 1.86. The Balaban J connectivity index is 1.30. The van der Waals surface area contributed by atoms with Crippen molar-refractivity contribution >= 4 is 11.9 Å². The second-order valence-corrected chi connectivity index (χ2v) is 9.05. The summed E-state index contributed by atoms with van der Waals surface area (Å²) < 4.78 is 7.87. The zero-order valence-electron chi connectivity index (χ0n) is 20.7. The molecule has 0 radical (unpaired) electrons. The Bertz CT molecular complexity index is 1390. The van der Waals surface area contributed by atoms with Crippen LogP contribution in [-0.2, 0) is 18.4 Å². The minimum atomic E-state index is -0.761. The number of rotatable bonds is 8. The van der Waals surface area contributed by atoms with Gasteiger partial charge in [-0.05, 0) is 50.8 Å². The van der Waals surface area contributed by atoms with Crippen LogP contribution >= 0.6 is 0 Å². The van der Waals surface area contributed by atoms with Gasteiger partial charge in [-0.3, -0.25) is 14.5 Å². The third-order valence-corrected chi connectivity index (χ3v) is 6.50. The van der Waals surface area contributed by atoms with Gasteiger partial charge < -0.3 is 15.2 Å². The zero-order valence-corrected chi connectivity index (χ0v) is 20.7. The maximum atomic E-state index is 11.4. The molecule has 1 fully saturated rings. The molecular formula is C26H28N8O3. The molecule has 1 saturated carbocycles. The molecule has 0 aliphatic heterocycles. The number of aryl methyl sites for hydroxylation is 2. The Morgan fingerprint density at radius 3 is 2.78 bits per heavy atom. The number of pyridine rings is 1. The van der Waals surface area contributed by atoms with Gasteiger partial charge in [-0.1, -0.05) is 6.07 Å². The fraction of sp³-hybridized carbons (Fsp3) is 0.346. The van der Waals surface area contributed by atoms with Crippen LogP contribution in [0.3, 0.4) is 0 Å². The van der Waals surface area contributed by atoms with Crippen molar-refractivity contribution in [3.63, 3.8) is 0 Å². The van der Waals surface area contributed by atoms with Gasteiger partial charge in [-0.25, -0.2) is 19.9 Å². The summed E-state index contributed by atoms with van der Waals surface area (Å²) in [5, 5.41) is 17.0. The SMILES string of the molecule is Cc1nc(-c2cnn(C)c2CNc2nccc(-c3ccccn3)n2)ncc1O[C@H]1CCC[C@H](C(=O)O)C1. The van der Waals surface area contributed by atoms with Crippen LogP contribution in [0.25, 0.3) is 22.8 Å². The van der Waals surface area contributed by atoms with Gasteiger partial charge in [-0.15, -0.1) is 0 Å². The maximum Gasteiger partial charge on any atom is 0.306 e. The fourth-order valence-corrected chi connectivity index (χ4v) is 4.48. The largest absolute Gasteiger partial charge is 0.487 e. The number of anilines is 1. The van der Waals surface area contributed by atoms with Crippen molar-refractivity contribution in [2.45, 2.75) is 45.3 Å². The van der Waals surface area contributed by atoms with Crippen LogP contribution in [0.15, 0.2) is 49.1 Å². The van der Waals surface area contributed by atoms with Gasteiger partial charge in [0.2, 0.25) is 5.95 Å². The third-order valence-electron chi connectivity index (χ3n) is 6.50. The van der Waals surface area contributed by atoms with Crippen LogP contribution in [0.1, 0.15) is 37.1 Å². The monoisotopic (exact) mass is 500 g/mol. The molecule has 2 N–H and O–H groups in total. The summed E-state index contributed by atoms with van der Waals surface area (Å²) in [6.45, 7) is 2.28. The molecule has 11 heteroatoms. The predicted molar refractivity (Wildman–Crippen MR) is 136 cm³/mol. The minimum Gasteiger partial charge on any atom is -0.487 e. The number of carbonyl (C=O) groups is 1. The van der Waals surface area contributed by atoms with Crippen LogP contribution in [0.5, 0.6) is 5.75 Å². The lowest BCUT2D eigenvalue weighted by molar-refractivity contribution is -0.143. The summed E-state index contributed by atoms with van der Waals surface area (Å²) >= 11 is 0. The smallest absolute Gasteiger partial charge is 0.306 e. The van der Waals surface area contributed by atoms with Gasteiger partial charge in [0.1, 0.15) is 0 Å². The molecule has 37 heavy (non-hydrogen) atoms. The molecule has 11 nitrogen and oxygen atoms in total. The summed E-state index contributed by atoms with van der Waals surface area (Å²) in [6, 6.07) is 7.50. The van der Waals surface area contributed by atoms with E-state index < -0.39 is 5.97 Å². The Morgan fingerprint density at radius 2 is 2.00 bits per heavy atom. The van der Waals surface area contributed by atoms with Crippen LogP contribution in [-0.4, -0.2) is 51.9 Å². The van der Waals surface area contributed by atoms with E-state index in [1.165, 1.54) is 0 Å². The van der Waals surface area contributed by atoms with Crippen LogP contribution in [0.4, 0.5) is 5.95 Å². The molecule has 4 heterocycles. The number of carboxylic acid groups (broad SMARTS) is 1. The van der Waals surface area contributed by atoms with E-state index in [4.69, 9.17) is 4.74 Å². The van der Waals surface area contributed by atoms with Gasteiger partial charge in [0.05, 0.1) is 59.3 Å². The number of aromatic nitrogens is 7. The average molecular weight is 501 g/mol. The summed E-state index contributed by atoms with van der Waals surface area (Å²) in [5.74, 6) is 0.456. The number of ether oxygens (including phenoxy) is 1.